The minimum atomic E-state index is 0.0976. The smallest absolute Gasteiger partial charge is 0.254 e. The van der Waals surface area contributed by atoms with Crippen molar-refractivity contribution < 1.29 is 10.0 Å². The normalized spacial score (nSPS) is 20.9. The molecule has 1 aromatic carbocycles. The zero-order valence-electron chi connectivity index (χ0n) is 13.3. The molecule has 4 heteroatoms. The van der Waals surface area contributed by atoms with Crippen molar-refractivity contribution in [2.75, 3.05) is 13.1 Å². The van der Waals surface area contributed by atoms with Gasteiger partial charge in [-0.15, -0.1) is 0 Å². The van der Waals surface area contributed by atoms with E-state index in [-0.39, 0.29) is 11.8 Å². The van der Waals surface area contributed by atoms with Crippen LogP contribution in [-0.2, 0) is 0 Å². The second-order valence-corrected chi connectivity index (χ2v) is 5.97. The summed E-state index contributed by atoms with van der Waals surface area (Å²) in [6, 6.07) is 4.12. The maximum Gasteiger partial charge on any atom is 0.254 e. The van der Waals surface area contributed by atoms with Gasteiger partial charge in [0.1, 0.15) is 0 Å². The number of hydrogen-bond donors (Lipinski definition) is 1. The molecule has 1 fully saturated rings. The van der Waals surface area contributed by atoms with Crippen LogP contribution in [0.3, 0.4) is 0 Å². The van der Waals surface area contributed by atoms with Crippen LogP contribution in [0.25, 0.3) is 0 Å². The molecule has 0 bridgehead atoms. The number of nitrogens with zero attached hydrogens (tertiary/aromatic N) is 2. The Labute approximate surface area is 126 Å². The van der Waals surface area contributed by atoms with Gasteiger partial charge in [-0.25, -0.2) is 0 Å². The number of likely N-dealkylation sites (tertiary alicyclic amines) is 1. The minimum absolute atomic E-state index is 0.0976. The monoisotopic (exact) mass is 288 g/mol. The first-order valence-corrected chi connectivity index (χ1v) is 7.55. The maximum atomic E-state index is 12.8. The van der Waals surface area contributed by atoms with E-state index in [2.05, 4.69) is 24.2 Å². The van der Waals surface area contributed by atoms with Crippen molar-refractivity contribution in [1.29, 1.82) is 0 Å². The molecule has 21 heavy (non-hydrogen) atoms. The van der Waals surface area contributed by atoms with E-state index in [1.165, 1.54) is 5.56 Å². The number of hydrogen-bond acceptors (Lipinski definition) is 3. The van der Waals surface area contributed by atoms with Crippen molar-refractivity contribution >= 4 is 11.6 Å². The van der Waals surface area contributed by atoms with E-state index in [1.54, 1.807) is 0 Å². The molecule has 1 aromatic rings. The van der Waals surface area contributed by atoms with Crippen molar-refractivity contribution in [3.05, 3.63) is 34.4 Å². The van der Waals surface area contributed by atoms with E-state index < -0.39 is 0 Å². The van der Waals surface area contributed by atoms with Crippen molar-refractivity contribution in [3.63, 3.8) is 0 Å². The van der Waals surface area contributed by atoms with Gasteiger partial charge in [-0.05, 0) is 38.3 Å². The van der Waals surface area contributed by atoms with Gasteiger partial charge < -0.3 is 10.1 Å². The Morgan fingerprint density at radius 2 is 1.95 bits per heavy atom. The Morgan fingerprint density at radius 3 is 2.48 bits per heavy atom. The molecular weight excluding hydrogens is 264 g/mol. The Bertz CT molecular complexity index is 555. The molecule has 114 valence electrons. The lowest BCUT2D eigenvalue weighted by Gasteiger charge is -2.33. The van der Waals surface area contributed by atoms with E-state index in [4.69, 9.17) is 5.21 Å². The van der Waals surface area contributed by atoms with E-state index in [0.717, 1.165) is 28.8 Å². The quantitative estimate of drug-likeness (QED) is 0.670. The molecule has 1 atom stereocenters. The van der Waals surface area contributed by atoms with E-state index >= 15 is 0 Å². The number of benzene rings is 1. The second-order valence-electron chi connectivity index (χ2n) is 5.97. The molecule has 0 aromatic heterocycles. The van der Waals surface area contributed by atoms with Crippen LogP contribution in [-0.4, -0.2) is 34.8 Å². The van der Waals surface area contributed by atoms with Crippen LogP contribution in [0.1, 0.15) is 46.8 Å². The fourth-order valence-corrected chi connectivity index (χ4v) is 3.27. The molecule has 1 heterocycles. The Hall–Kier alpha value is -1.84. The predicted octanol–water partition coefficient (Wildman–Crippen LogP) is 3.31. The molecule has 1 amide bonds. The van der Waals surface area contributed by atoms with Crippen LogP contribution >= 0.6 is 0 Å². The highest BCUT2D eigenvalue weighted by molar-refractivity contribution is 5.98. The number of oxime groups is 1. The zero-order valence-corrected chi connectivity index (χ0v) is 13.3. The summed E-state index contributed by atoms with van der Waals surface area (Å²) in [7, 11) is 0. The average molecular weight is 288 g/mol. The van der Waals surface area contributed by atoms with Gasteiger partial charge in [0.2, 0.25) is 0 Å². The number of rotatable bonds is 2. The van der Waals surface area contributed by atoms with Crippen LogP contribution in [0, 0.1) is 26.7 Å². The largest absolute Gasteiger partial charge is 0.411 e. The zero-order chi connectivity index (χ0) is 15.6. The lowest BCUT2D eigenvalue weighted by Crippen LogP contribution is -2.44. The molecule has 1 saturated heterocycles. The first-order chi connectivity index (χ1) is 9.97. The summed E-state index contributed by atoms with van der Waals surface area (Å²) >= 11 is 0. The SMILES string of the molecule is CCC1CN(C(=O)c2c(C)cc(C)cc2C)CCC1=NO. The molecule has 0 spiro atoms. The van der Waals surface area contributed by atoms with Crippen LogP contribution in [0.5, 0.6) is 0 Å². The van der Waals surface area contributed by atoms with Crippen LogP contribution in [0.2, 0.25) is 0 Å². The van der Waals surface area contributed by atoms with Crippen molar-refractivity contribution in [2.24, 2.45) is 11.1 Å². The number of piperidine rings is 1. The minimum Gasteiger partial charge on any atom is -0.411 e. The van der Waals surface area contributed by atoms with Crippen molar-refractivity contribution in [2.45, 2.75) is 40.5 Å². The van der Waals surface area contributed by atoms with Gasteiger partial charge in [0.15, 0.2) is 0 Å². The van der Waals surface area contributed by atoms with Gasteiger partial charge in [-0.2, -0.15) is 0 Å². The van der Waals surface area contributed by atoms with Crippen molar-refractivity contribution in [3.8, 4) is 0 Å². The number of amides is 1. The summed E-state index contributed by atoms with van der Waals surface area (Å²) in [5.74, 6) is 0.263. The highest BCUT2D eigenvalue weighted by Gasteiger charge is 2.29. The Morgan fingerprint density at radius 1 is 1.33 bits per heavy atom. The topological polar surface area (TPSA) is 52.9 Å². The highest BCUT2D eigenvalue weighted by atomic mass is 16.4. The number of carbonyl (C=O) groups excluding carboxylic acids is 1. The molecular formula is C17H24N2O2. The number of aryl methyl sites for hydroxylation is 3. The number of carbonyl (C=O) groups is 1. The molecule has 1 N–H and O–H groups in total. The van der Waals surface area contributed by atoms with Crippen LogP contribution in [0.15, 0.2) is 17.3 Å². The van der Waals surface area contributed by atoms with Gasteiger partial charge >= 0.3 is 0 Å². The molecule has 0 saturated carbocycles. The second kappa shape index (κ2) is 6.29. The summed E-state index contributed by atoms with van der Waals surface area (Å²) in [6.07, 6.45) is 1.54. The molecule has 1 aliphatic heterocycles. The van der Waals surface area contributed by atoms with Gasteiger partial charge in [-0.3, -0.25) is 4.79 Å². The predicted molar refractivity (Wildman–Crippen MR) is 84.2 cm³/mol. The van der Waals surface area contributed by atoms with Gasteiger partial charge in [0, 0.05) is 31.0 Å². The summed E-state index contributed by atoms with van der Waals surface area (Å²) in [5, 5.41) is 12.4. The summed E-state index contributed by atoms with van der Waals surface area (Å²) in [5.41, 5.74) is 4.89. The van der Waals surface area contributed by atoms with Gasteiger partial charge in [0.25, 0.3) is 5.91 Å². The first kappa shape index (κ1) is 15.5. The average Bonchev–Trinajstić information content (AvgIpc) is 2.45. The summed E-state index contributed by atoms with van der Waals surface area (Å²) < 4.78 is 0. The molecule has 1 aliphatic rings. The van der Waals surface area contributed by atoms with Gasteiger partial charge in [-0.1, -0.05) is 29.8 Å². The standard InChI is InChI=1S/C17H24N2O2/c1-5-14-10-19(7-6-15(14)18-21)17(20)16-12(3)8-11(2)9-13(16)4/h8-9,14,21H,5-7,10H2,1-4H3. The molecule has 1 unspecified atom stereocenters. The van der Waals surface area contributed by atoms with E-state index in [9.17, 15) is 4.79 Å². The first-order valence-electron chi connectivity index (χ1n) is 7.55. The van der Waals surface area contributed by atoms with Gasteiger partial charge in [0.05, 0.1) is 5.71 Å². The third kappa shape index (κ3) is 3.09. The molecule has 0 aliphatic carbocycles. The van der Waals surface area contributed by atoms with E-state index in [0.29, 0.717) is 19.5 Å². The van der Waals surface area contributed by atoms with Crippen molar-refractivity contribution in [1.82, 2.24) is 4.90 Å². The third-order valence-corrected chi connectivity index (χ3v) is 4.35. The summed E-state index contributed by atoms with van der Waals surface area (Å²) in [6.45, 7) is 9.37. The lowest BCUT2D eigenvalue weighted by molar-refractivity contribution is 0.0727. The molecule has 2 rings (SSSR count). The lowest BCUT2D eigenvalue weighted by atomic mass is 9.91. The highest BCUT2D eigenvalue weighted by Crippen LogP contribution is 2.23. The maximum absolute atomic E-state index is 12.8. The summed E-state index contributed by atoms with van der Waals surface area (Å²) in [4.78, 5) is 14.7. The molecule has 4 nitrogen and oxygen atoms in total. The van der Waals surface area contributed by atoms with E-state index in [1.807, 2.05) is 25.7 Å². The van der Waals surface area contributed by atoms with Crippen LogP contribution < -0.4 is 0 Å². The Balaban J connectivity index is 2.26. The van der Waals surface area contributed by atoms with Crippen LogP contribution in [0.4, 0.5) is 0 Å². The third-order valence-electron chi connectivity index (χ3n) is 4.35. The Kier molecular flexibility index (Phi) is 4.66. The molecule has 0 radical (unpaired) electrons. The fourth-order valence-electron chi connectivity index (χ4n) is 3.27. The fraction of sp³-hybridized carbons (Fsp3) is 0.529.